The normalized spacial score (nSPS) is 17.8. The molecule has 32 heavy (non-hydrogen) atoms. The largest absolute Gasteiger partial charge is 0.387 e. The van der Waals surface area contributed by atoms with Gasteiger partial charge in [-0.1, -0.05) is 6.07 Å². The molecule has 2 aromatic heterocycles. The van der Waals surface area contributed by atoms with Crippen LogP contribution in [0.25, 0.3) is 11.4 Å². The maximum Gasteiger partial charge on any atom is 0.168 e. The number of ether oxygens (including phenoxy) is 1. The molecule has 1 fully saturated rings. The maximum absolute atomic E-state index is 13.4. The lowest BCUT2D eigenvalue weighted by Crippen LogP contribution is -2.24. The van der Waals surface area contributed by atoms with Gasteiger partial charge in [0.1, 0.15) is 17.3 Å². The predicted octanol–water partition coefficient (Wildman–Crippen LogP) is 5.21. The number of anilines is 1. The first kappa shape index (κ1) is 23.7. The molecule has 9 heteroatoms. The number of benzene rings is 1. The Morgan fingerprint density at radius 1 is 1.19 bits per heavy atom. The van der Waals surface area contributed by atoms with E-state index in [9.17, 15) is 13.6 Å². The van der Waals surface area contributed by atoms with E-state index in [2.05, 4.69) is 20.3 Å². The first-order chi connectivity index (χ1) is 15.6. The lowest BCUT2D eigenvalue weighted by Gasteiger charge is -2.30. The van der Waals surface area contributed by atoms with E-state index in [1.165, 1.54) is 30.3 Å². The van der Waals surface area contributed by atoms with Gasteiger partial charge in [-0.3, -0.25) is 9.78 Å². The van der Waals surface area contributed by atoms with Crippen LogP contribution in [-0.4, -0.2) is 40.3 Å². The number of aldehydes is 1. The summed E-state index contributed by atoms with van der Waals surface area (Å²) in [7, 11) is 1.91. The molecule has 0 spiro atoms. The smallest absolute Gasteiger partial charge is 0.168 e. The highest BCUT2D eigenvalue weighted by molar-refractivity contribution is 6.18. The van der Waals surface area contributed by atoms with E-state index in [-0.39, 0.29) is 29.3 Å². The number of nitrogens with one attached hydrogen (secondary N) is 1. The van der Waals surface area contributed by atoms with Crippen LogP contribution in [0.3, 0.4) is 0 Å². The number of hydrogen-bond donors (Lipinski definition) is 1. The monoisotopic (exact) mass is 460 g/mol. The van der Waals surface area contributed by atoms with Crippen LogP contribution in [-0.2, 0) is 4.74 Å². The molecule has 1 unspecified atom stereocenters. The second kappa shape index (κ2) is 11.6. The quantitative estimate of drug-likeness (QED) is 0.416. The molecule has 168 valence electrons. The van der Waals surface area contributed by atoms with E-state index >= 15 is 0 Å². The van der Waals surface area contributed by atoms with E-state index in [1.807, 2.05) is 25.5 Å². The Bertz CT molecular complexity index is 1030. The van der Waals surface area contributed by atoms with Crippen molar-refractivity contribution in [1.82, 2.24) is 15.0 Å². The Labute approximate surface area is 190 Å². The number of pyridine rings is 1. The Balaban J connectivity index is 0.000000181. The standard InChI is InChI=1S/C12H17ClN2O.C11H6F2N2O/c1-14-11-8-15-6-5-10(11)12-4-2-3-9(7-13)16-12;12-8-2-1-3-9(13)10(8)11-14-5-4-7(6-16)15-11/h5-6,8-9,12,14H,2-4,7H2,1H3;1-6H/t9-,12?;/m0./s1. The maximum atomic E-state index is 13.4. The molecule has 0 amide bonds. The number of hydrogen-bond acceptors (Lipinski definition) is 6. The summed E-state index contributed by atoms with van der Waals surface area (Å²) in [5.74, 6) is -1.08. The minimum absolute atomic E-state index is 0.0765. The lowest BCUT2D eigenvalue weighted by molar-refractivity contribution is -0.0393. The minimum Gasteiger partial charge on any atom is -0.387 e. The molecule has 2 atom stereocenters. The fourth-order valence-electron chi connectivity index (χ4n) is 3.41. The van der Waals surface area contributed by atoms with Crippen LogP contribution in [0.15, 0.2) is 48.9 Å². The molecule has 3 aromatic rings. The van der Waals surface area contributed by atoms with Crippen LogP contribution in [0.2, 0.25) is 0 Å². The third-order valence-corrected chi connectivity index (χ3v) is 5.32. The zero-order chi connectivity index (χ0) is 22.9. The van der Waals surface area contributed by atoms with Crippen molar-refractivity contribution in [3.05, 3.63) is 71.8 Å². The summed E-state index contributed by atoms with van der Waals surface area (Å²) >= 11 is 5.85. The van der Waals surface area contributed by atoms with Crippen LogP contribution in [0.5, 0.6) is 0 Å². The zero-order valence-corrected chi connectivity index (χ0v) is 18.2. The molecule has 0 radical (unpaired) electrons. The van der Waals surface area contributed by atoms with Gasteiger partial charge in [-0.25, -0.2) is 18.7 Å². The Hall–Kier alpha value is -2.97. The number of carbonyl (C=O) groups is 1. The van der Waals surface area contributed by atoms with E-state index in [4.69, 9.17) is 16.3 Å². The first-order valence-corrected chi connectivity index (χ1v) is 10.7. The molecule has 6 nitrogen and oxygen atoms in total. The van der Waals surface area contributed by atoms with Gasteiger partial charge < -0.3 is 10.1 Å². The fraction of sp³-hybridized carbons (Fsp3) is 0.304. The minimum atomic E-state index is -0.761. The number of nitrogens with zero attached hydrogens (tertiary/aromatic N) is 3. The second-order valence-corrected chi connectivity index (χ2v) is 7.37. The summed E-state index contributed by atoms with van der Waals surface area (Å²) in [4.78, 5) is 22.0. The molecule has 1 aliphatic rings. The van der Waals surface area contributed by atoms with Gasteiger partial charge in [0.25, 0.3) is 0 Å². The molecule has 0 bridgehead atoms. The van der Waals surface area contributed by atoms with Gasteiger partial charge in [0.2, 0.25) is 0 Å². The van der Waals surface area contributed by atoms with Crippen molar-refractivity contribution in [2.45, 2.75) is 31.5 Å². The Kier molecular flexibility index (Phi) is 8.58. The third kappa shape index (κ3) is 5.83. The number of rotatable bonds is 5. The Morgan fingerprint density at radius 2 is 1.97 bits per heavy atom. The highest BCUT2D eigenvalue weighted by Gasteiger charge is 2.24. The van der Waals surface area contributed by atoms with Gasteiger partial charge in [-0.05, 0) is 43.5 Å². The average Bonchev–Trinajstić information content (AvgIpc) is 2.84. The van der Waals surface area contributed by atoms with Crippen LogP contribution in [0, 0.1) is 11.6 Å². The highest BCUT2D eigenvalue weighted by atomic mass is 35.5. The predicted molar refractivity (Wildman–Crippen MR) is 119 cm³/mol. The SMILES string of the molecule is CNc1cnccc1C1CCC[C@@H](CCl)O1.O=Cc1ccnc(-c2c(F)cccc2F)n1. The van der Waals surface area contributed by atoms with Gasteiger partial charge in [-0.2, -0.15) is 0 Å². The molecule has 3 heterocycles. The van der Waals surface area contributed by atoms with Crippen molar-refractivity contribution in [2.24, 2.45) is 0 Å². The molecule has 1 aliphatic heterocycles. The van der Waals surface area contributed by atoms with Crippen molar-refractivity contribution in [3.8, 4) is 11.4 Å². The molecular formula is C23H23ClF2N4O2. The van der Waals surface area contributed by atoms with Gasteiger partial charge >= 0.3 is 0 Å². The fourth-order valence-corrected chi connectivity index (χ4v) is 3.63. The molecule has 4 rings (SSSR count). The summed E-state index contributed by atoms with van der Waals surface area (Å²) in [6.45, 7) is 0. The summed E-state index contributed by atoms with van der Waals surface area (Å²) < 4.78 is 32.7. The van der Waals surface area contributed by atoms with E-state index < -0.39 is 11.6 Å². The van der Waals surface area contributed by atoms with Crippen LogP contribution in [0.1, 0.15) is 41.4 Å². The molecule has 1 N–H and O–H groups in total. The van der Waals surface area contributed by atoms with Gasteiger partial charge in [0.05, 0.1) is 29.7 Å². The number of carbonyl (C=O) groups excluding carboxylic acids is 1. The summed E-state index contributed by atoms with van der Waals surface area (Å²) in [6.07, 6.45) is 9.06. The molecule has 1 aromatic carbocycles. The van der Waals surface area contributed by atoms with Gasteiger partial charge in [0.15, 0.2) is 12.1 Å². The number of halogens is 3. The van der Waals surface area contributed by atoms with Gasteiger partial charge in [0, 0.05) is 30.9 Å². The highest BCUT2D eigenvalue weighted by Crippen LogP contribution is 2.34. The van der Waals surface area contributed by atoms with Crippen LogP contribution in [0.4, 0.5) is 14.5 Å². The molecule has 1 saturated heterocycles. The van der Waals surface area contributed by atoms with Crippen molar-refractivity contribution in [2.75, 3.05) is 18.2 Å². The summed E-state index contributed by atoms with van der Waals surface area (Å²) in [6, 6.07) is 6.84. The van der Waals surface area contributed by atoms with E-state index in [0.717, 1.165) is 30.7 Å². The van der Waals surface area contributed by atoms with Crippen molar-refractivity contribution in [3.63, 3.8) is 0 Å². The topological polar surface area (TPSA) is 77.0 Å². The zero-order valence-electron chi connectivity index (χ0n) is 17.5. The summed E-state index contributed by atoms with van der Waals surface area (Å²) in [5, 5.41) is 3.15. The van der Waals surface area contributed by atoms with Gasteiger partial charge in [-0.15, -0.1) is 11.6 Å². The van der Waals surface area contributed by atoms with Crippen molar-refractivity contribution >= 4 is 23.6 Å². The lowest BCUT2D eigenvalue weighted by atomic mass is 9.98. The van der Waals surface area contributed by atoms with Crippen molar-refractivity contribution in [1.29, 1.82) is 0 Å². The number of aromatic nitrogens is 3. The van der Waals surface area contributed by atoms with Crippen LogP contribution >= 0.6 is 11.6 Å². The molecular weight excluding hydrogens is 438 g/mol. The summed E-state index contributed by atoms with van der Waals surface area (Å²) in [5.41, 5.74) is 1.98. The van der Waals surface area contributed by atoms with E-state index in [1.54, 1.807) is 0 Å². The van der Waals surface area contributed by atoms with Crippen molar-refractivity contribution < 1.29 is 18.3 Å². The first-order valence-electron chi connectivity index (χ1n) is 10.1. The Morgan fingerprint density at radius 3 is 2.66 bits per heavy atom. The third-order valence-electron chi connectivity index (χ3n) is 4.98. The number of alkyl halides is 1. The van der Waals surface area contributed by atoms with Crippen LogP contribution < -0.4 is 5.32 Å². The molecule has 0 saturated carbocycles. The molecule has 0 aliphatic carbocycles. The average molecular weight is 461 g/mol. The second-order valence-electron chi connectivity index (χ2n) is 7.06. The van der Waals surface area contributed by atoms with E-state index in [0.29, 0.717) is 12.2 Å².